The van der Waals surface area contributed by atoms with Gasteiger partial charge in [0.05, 0.1) is 17.3 Å². The van der Waals surface area contributed by atoms with Gasteiger partial charge in [0.2, 0.25) is 0 Å². The van der Waals surface area contributed by atoms with Gasteiger partial charge in [0.15, 0.2) is 11.5 Å². The lowest BCUT2D eigenvalue weighted by Crippen LogP contribution is -2.04. The maximum absolute atomic E-state index is 11.3. The number of nitriles is 1. The summed E-state index contributed by atoms with van der Waals surface area (Å²) < 4.78 is 1.44. The fraction of sp³-hybridized carbons (Fsp3) is 0.0588. The van der Waals surface area contributed by atoms with Gasteiger partial charge in [-0.1, -0.05) is 29.8 Å². The topological polar surface area (TPSA) is 91.8 Å². The third-order valence-electron chi connectivity index (χ3n) is 3.37. The van der Waals surface area contributed by atoms with E-state index in [1.807, 2.05) is 37.3 Å². The number of nitrogens with zero attached hydrogens (tertiary/aromatic N) is 4. The quantitative estimate of drug-likeness (QED) is 0.803. The molecule has 2 heterocycles. The molecule has 0 atom stereocenters. The molecule has 1 aromatic carbocycles. The molecule has 0 amide bonds. The molecule has 112 valence electrons. The molecule has 0 aliphatic rings. The van der Waals surface area contributed by atoms with Crippen LogP contribution in [0.2, 0.25) is 0 Å². The number of carboxylic acids is 1. The lowest BCUT2D eigenvalue weighted by atomic mass is 10.1. The number of hydrogen-bond donors (Lipinski definition) is 1. The van der Waals surface area contributed by atoms with Crippen molar-refractivity contribution in [3.63, 3.8) is 0 Å². The zero-order chi connectivity index (χ0) is 16.4. The van der Waals surface area contributed by atoms with Crippen molar-refractivity contribution < 1.29 is 9.90 Å². The van der Waals surface area contributed by atoms with Crippen LogP contribution in [0, 0.1) is 18.3 Å². The Kier molecular flexibility index (Phi) is 3.61. The molecule has 0 fully saturated rings. The zero-order valence-corrected chi connectivity index (χ0v) is 12.3. The van der Waals surface area contributed by atoms with Crippen LogP contribution in [0.4, 0.5) is 0 Å². The monoisotopic (exact) mass is 304 g/mol. The summed E-state index contributed by atoms with van der Waals surface area (Å²) in [7, 11) is 0. The summed E-state index contributed by atoms with van der Waals surface area (Å²) in [6.07, 6.45) is 1.49. The van der Waals surface area contributed by atoms with Crippen molar-refractivity contribution in [2.45, 2.75) is 6.92 Å². The number of carbonyl (C=O) groups is 1. The Labute approximate surface area is 132 Å². The Morgan fingerprint density at radius 3 is 2.61 bits per heavy atom. The maximum Gasteiger partial charge on any atom is 0.356 e. The van der Waals surface area contributed by atoms with E-state index in [4.69, 9.17) is 5.26 Å². The Morgan fingerprint density at radius 2 is 1.96 bits per heavy atom. The van der Waals surface area contributed by atoms with E-state index in [1.54, 1.807) is 12.1 Å². The maximum atomic E-state index is 11.3. The first-order valence-electron chi connectivity index (χ1n) is 6.85. The van der Waals surface area contributed by atoms with E-state index in [9.17, 15) is 9.90 Å². The van der Waals surface area contributed by atoms with Gasteiger partial charge in [-0.25, -0.2) is 14.5 Å². The van der Waals surface area contributed by atoms with Crippen molar-refractivity contribution in [2.75, 3.05) is 0 Å². The van der Waals surface area contributed by atoms with Crippen LogP contribution in [0.1, 0.15) is 21.6 Å². The lowest BCUT2D eigenvalue weighted by molar-refractivity contribution is 0.0690. The second kappa shape index (κ2) is 5.73. The third kappa shape index (κ3) is 2.80. The fourth-order valence-corrected chi connectivity index (χ4v) is 2.19. The van der Waals surface area contributed by atoms with Crippen LogP contribution >= 0.6 is 0 Å². The Bertz CT molecular complexity index is 921. The SMILES string of the molecule is Cc1ccc(-c2cc(C(=O)O)nn2-c2cc(C#N)ccn2)cc1. The van der Waals surface area contributed by atoms with Crippen molar-refractivity contribution in [3.05, 3.63) is 65.5 Å². The molecular weight excluding hydrogens is 292 g/mol. The van der Waals surface area contributed by atoms with E-state index in [0.717, 1.165) is 11.1 Å². The van der Waals surface area contributed by atoms with Gasteiger partial charge in [0.25, 0.3) is 0 Å². The molecule has 1 N–H and O–H groups in total. The minimum Gasteiger partial charge on any atom is -0.476 e. The molecule has 2 aromatic heterocycles. The average Bonchev–Trinajstić information content (AvgIpc) is 3.01. The first kappa shape index (κ1) is 14.5. The van der Waals surface area contributed by atoms with E-state index in [-0.39, 0.29) is 5.69 Å². The first-order chi connectivity index (χ1) is 11.1. The molecule has 0 saturated carbocycles. The summed E-state index contributed by atoms with van der Waals surface area (Å²) in [5, 5.41) is 22.3. The largest absolute Gasteiger partial charge is 0.476 e. The number of pyridine rings is 1. The van der Waals surface area contributed by atoms with Gasteiger partial charge in [-0.05, 0) is 19.1 Å². The van der Waals surface area contributed by atoms with Crippen molar-refractivity contribution in [2.24, 2.45) is 0 Å². The standard InChI is InChI=1S/C17H12N4O2/c1-11-2-4-13(5-3-11)15-9-14(17(22)23)20-21(15)16-8-12(10-18)6-7-19-16/h2-9H,1H3,(H,22,23). The smallest absolute Gasteiger partial charge is 0.356 e. The molecule has 3 aromatic rings. The Balaban J connectivity index is 2.20. The zero-order valence-electron chi connectivity index (χ0n) is 12.3. The highest BCUT2D eigenvalue weighted by Gasteiger charge is 2.16. The molecule has 0 unspecified atom stereocenters. The van der Waals surface area contributed by atoms with Crippen LogP contribution in [0.25, 0.3) is 17.1 Å². The average molecular weight is 304 g/mol. The predicted molar refractivity (Wildman–Crippen MR) is 83.2 cm³/mol. The normalized spacial score (nSPS) is 10.3. The number of aryl methyl sites for hydroxylation is 1. The van der Waals surface area contributed by atoms with Crippen molar-refractivity contribution in [3.8, 4) is 23.1 Å². The molecule has 0 radical (unpaired) electrons. The summed E-state index contributed by atoms with van der Waals surface area (Å²) in [5.74, 6) is -0.722. The molecule has 0 saturated heterocycles. The van der Waals surface area contributed by atoms with Crippen LogP contribution in [-0.2, 0) is 0 Å². The van der Waals surface area contributed by atoms with Gasteiger partial charge in [-0.15, -0.1) is 0 Å². The van der Waals surface area contributed by atoms with Crippen LogP contribution < -0.4 is 0 Å². The van der Waals surface area contributed by atoms with Gasteiger partial charge in [-0.3, -0.25) is 0 Å². The second-order valence-corrected chi connectivity index (χ2v) is 5.01. The number of benzene rings is 1. The van der Waals surface area contributed by atoms with Crippen molar-refractivity contribution in [1.82, 2.24) is 14.8 Å². The lowest BCUT2D eigenvalue weighted by Gasteiger charge is -2.07. The molecule has 0 aliphatic heterocycles. The fourth-order valence-electron chi connectivity index (χ4n) is 2.19. The van der Waals surface area contributed by atoms with E-state index in [2.05, 4.69) is 10.1 Å². The minimum absolute atomic E-state index is 0.0789. The van der Waals surface area contributed by atoms with E-state index in [0.29, 0.717) is 17.1 Å². The summed E-state index contributed by atoms with van der Waals surface area (Å²) in [5.41, 5.74) is 2.87. The number of hydrogen-bond acceptors (Lipinski definition) is 4. The third-order valence-corrected chi connectivity index (χ3v) is 3.37. The van der Waals surface area contributed by atoms with Crippen molar-refractivity contribution in [1.29, 1.82) is 5.26 Å². The molecule has 0 bridgehead atoms. The summed E-state index contributed by atoms with van der Waals surface area (Å²) in [6, 6.07) is 14.3. The first-order valence-corrected chi connectivity index (χ1v) is 6.85. The minimum atomic E-state index is -1.12. The van der Waals surface area contributed by atoms with Crippen LogP contribution in [0.3, 0.4) is 0 Å². The van der Waals surface area contributed by atoms with E-state index >= 15 is 0 Å². The van der Waals surface area contributed by atoms with Gasteiger partial charge >= 0.3 is 5.97 Å². The number of aromatic nitrogens is 3. The Hall–Kier alpha value is -3.46. The van der Waals surface area contributed by atoms with Crippen LogP contribution in [0.15, 0.2) is 48.7 Å². The molecule has 3 rings (SSSR count). The molecule has 6 heteroatoms. The van der Waals surface area contributed by atoms with Crippen LogP contribution in [0.5, 0.6) is 0 Å². The second-order valence-electron chi connectivity index (χ2n) is 5.01. The van der Waals surface area contributed by atoms with Gasteiger partial charge in [-0.2, -0.15) is 10.4 Å². The molecule has 0 spiro atoms. The molecule has 0 aliphatic carbocycles. The highest BCUT2D eigenvalue weighted by molar-refractivity contribution is 5.87. The van der Waals surface area contributed by atoms with Gasteiger partial charge in [0.1, 0.15) is 0 Å². The number of aromatic carboxylic acids is 1. The van der Waals surface area contributed by atoms with Gasteiger partial charge in [0, 0.05) is 17.8 Å². The molecule has 23 heavy (non-hydrogen) atoms. The van der Waals surface area contributed by atoms with E-state index in [1.165, 1.54) is 16.9 Å². The summed E-state index contributed by atoms with van der Waals surface area (Å²) in [4.78, 5) is 15.4. The van der Waals surface area contributed by atoms with E-state index < -0.39 is 5.97 Å². The predicted octanol–water partition coefficient (Wildman–Crippen LogP) is 2.81. The van der Waals surface area contributed by atoms with Crippen molar-refractivity contribution >= 4 is 5.97 Å². The number of carboxylic acid groups (broad SMARTS) is 1. The molecular formula is C17H12N4O2. The number of rotatable bonds is 3. The van der Waals surface area contributed by atoms with Gasteiger partial charge < -0.3 is 5.11 Å². The Morgan fingerprint density at radius 1 is 1.22 bits per heavy atom. The highest BCUT2D eigenvalue weighted by atomic mass is 16.4. The van der Waals surface area contributed by atoms with Crippen LogP contribution in [-0.4, -0.2) is 25.8 Å². The summed E-state index contributed by atoms with van der Waals surface area (Å²) in [6.45, 7) is 1.97. The molecule has 6 nitrogen and oxygen atoms in total. The highest BCUT2D eigenvalue weighted by Crippen LogP contribution is 2.24. The summed E-state index contributed by atoms with van der Waals surface area (Å²) >= 11 is 0.